The third-order valence-corrected chi connectivity index (χ3v) is 5.31. The summed E-state index contributed by atoms with van der Waals surface area (Å²) in [6.45, 7) is 16.9. The molecule has 2 nitrogen and oxygen atoms in total. The van der Waals surface area contributed by atoms with Crippen molar-refractivity contribution in [1.82, 2.24) is 0 Å². The van der Waals surface area contributed by atoms with Gasteiger partial charge in [-0.05, 0) is 99.9 Å². The Morgan fingerprint density at radius 2 is 0.870 bits per heavy atom. The smallest absolute Gasteiger partial charge is 0.330 e. The second-order valence-corrected chi connectivity index (χ2v) is 6.72. The number of hydrogen-bond acceptors (Lipinski definition) is 0. The molecule has 120 valence electrons. The van der Waals surface area contributed by atoms with Crippen molar-refractivity contribution in [2.75, 3.05) is 0 Å². The molecule has 0 aliphatic rings. The Morgan fingerprint density at radius 1 is 0.609 bits per heavy atom. The van der Waals surface area contributed by atoms with E-state index in [-0.39, 0.29) is 0 Å². The monoisotopic (exact) mass is 306 g/mol. The summed E-state index contributed by atoms with van der Waals surface area (Å²) < 4.78 is 0. The highest BCUT2D eigenvalue weighted by Gasteiger charge is 2.26. The zero-order valence-corrected chi connectivity index (χ0v) is 15.5. The first kappa shape index (κ1) is 17.2. The maximum atomic E-state index is 9.88. The molecule has 0 amide bonds. The zero-order valence-electron chi connectivity index (χ0n) is 15.5. The lowest BCUT2D eigenvalue weighted by atomic mass is 9.84. The van der Waals surface area contributed by atoms with E-state index in [0.717, 1.165) is 11.1 Å². The average Bonchev–Trinajstić information content (AvgIpc) is 2.49. The van der Waals surface area contributed by atoms with E-state index in [2.05, 4.69) is 72.3 Å². The molecule has 2 heteroatoms. The Bertz CT molecular complexity index is 733. The SMILES string of the molecule is Cc1cc(C)c(C)c(C(=[N+]=[N-])c2c(C)c(C)cc(C)c2C)c1C. The van der Waals surface area contributed by atoms with Crippen LogP contribution in [0.2, 0.25) is 0 Å². The standard InChI is InChI=1S/C21H26N2/c1-11-9-12(2)16(6)19(15(11)5)21(23-22)20-17(7)13(3)10-14(4)18(20)8/h9-10H,1-8H3. The molecule has 0 aromatic heterocycles. The van der Waals surface area contributed by atoms with Crippen LogP contribution in [-0.2, 0) is 0 Å². The number of nitrogens with zero attached hydrogens (tertiary/aromatic N) is 2. The van der Waals surface area contributed by atoms with Gasteiger partial charge in [0.2, 0.25) is 0 Å². The molecule has 0 saturated heterocycles. The maximum absolute atomic E-state index is 9.88. The first-order chi connectivity index (χ1) is 10.7. The van der Waals surface area contributed by atoms with Gasteiger partial charge in [-0.1, -0.05) is 12.1 Å². The largest absolute Gasteiger partial charge is 0.361 e. The van der Waals surface area contributed by atoms with Gasteiger partial charge < -0.3 is 5.53 Å². The predicted octanol–water partition coefficient (Wildman–Crippen LogP) is 5.22. The van der Waals surface area contributed by atoms with E-state index >= 15 is 0 Å². The molecule has 2 rings (SSSR count). The predicted molar refractivity (Wildman–Crippen MR) is 97.6 cm³/mol. The van der Waals surface area contributed by atoms with Crippen LogP contribution in [0, 0.1) is 55.4 Å². The van der Waals surface area contributed by atoms with Crippen molar-refractivity contribution in [2.45, 2.75) is 55.4 Å². The highest BCUT2D eigenvalue weighted by molar-refractivity contribution is 6.13. The molecule has 2 aromatic carbocycles. The summed E-state index contributed by atoms with van der Waals surface area (Å²) in [6.07, 6.45) is 0. The molecular weight excluding hydrogens is 280 g/mol. The van der Waals surface area contributed by atoms with E-state index in [1.807, 2.05) is 0 Å². The Balaban J connectivity index is 2.93. The van der Waals surface area contributed by atoms with Crippen molar-refractivity contribution in [2.24, 2.45) is 0 Å². The Labute approximate surface area is 139 Å². The first-order valence-corrected chi connectivity index (χ1v) is 8.08. The fourth-order valence-corrected chi connectivity index (χ4v) is 3.37. The first-order valence-electron chi connectivity index (χ1n) is 8.08. The van der Waals surface area contributed by atoms with Gasteiger partial charge in [-0.25, -0.2) is 0 Å². The third-order valence-electron chi connectivity index (χ3n) is 5.31. The summed E-state index contributed by atoms with van der Waals surface area (Å²) in [5.74, 6) is 0. The van der Waals surface area contributed by atoms with Crippen LogP contribution in [-0.4, -0.2) is 10.5 Å². The Hall–Kier alpha value is -2.18. The molecule has 2 aromatic rings. The van der Waals surface area contributed by atoms with Crippen molar-refractivity contribution in [3.63, 3.8) is 0 Å². The van der Waals surface area contributed by atoms with Gasteiger partial charge >= 0.3 is 5.71 Å². The molecule has 0 saturated carbocycles. The van der Waals surface area contributed by atoms with Crippen LogP contribution >= 0.6 is 0 Å². The normalized spacial score (nSPS) is 10.6. The minimum Gasteiger partial charge on any atom is -0.361 e. The Kier molecular flexibility index (Phi) is 4.58. The fraction of sp³-hybridized carbons (Fsp3) is 0.381. The fourth-order valence-electron chi connectivity index (χ4n) is 3.37. The quantitative estimate of drug-likeness (QED) is 0.414. The topological polar surface area (TPSA) is 36.4 Å². The number of hydrogen-bond donors (Lipinski definition) is 0. The molecule has 23 heavy (non-hydrogen) atoms. The molecule has 0 N–H and O–H groups in total. The van der Waals surface area contributed by atoms with Crippen LogP contribution in [0.4, 0.5) is 0 Å². The van der Waals surface area contributed by atoms with Crippen LogP contribution in [0.25, 0.3) is 5.53 Å². The molecule has 0 heterocycles. The average molecular weight is 306 g/mol. The lowest BCUT2D eigenvalue weighted by Gasteiger charge is -2.16. The molecule has 0 unspecified atom stereocenters. The highest BCUT2D eigenvalue weighted by Crippen LogP contribution is 2.29. The highest BCUT2D eigenvalue weighted by atomic mass is 14.9. The van der Waals surface area contributed by atoms with Crippen LogP contribution in [0.5, 0.6) is 0 Å². The van der Waals surface area contributed by atoms with Gasteiger partial charge in [0.25, 0.3) is 0 Å². The van der Waals surface area contributed by atoms with Gasteiger partial charge in [0, 0.05) is 0 Å². The Morgan fingerprint density at radius 3 is 1.09 bits per heavy atom. The summed E-state index contributed by atoms with van der Waals surface area (Å²) >= 11 is 0. The van der Waals surface area contributed by atoms with Gasteiger partial charge in [0.15, 0.2) is 0 Å². The number of rotatable bonds is 2. The molecular formula is C21H26N2. The molecule has 0 aliphatic carbocycles. The van der Waals surface area contributed by atoms with Gasteiger partial charge in [-0.15, -0.1) is 0 Å². The third kappa shape index (κ3) is 2.75. The van der Waals surface area contributed by atoms with E-state index in [1.165, 1.54) is 44.5 Å². The van der Waals surface area contributed by atoms with Gasteiger partial charge in [0.05, 0.1) is 11.1 Å². The van der Waals surface area contributed by atoms with E-state index in [1.54, 1.807) is 0 Å². The molecule has 0 spiro atoms. The van der Waals surface area contributed by atoms with Crippen molar-refractivity contribution in [3.05, 3.63) is 73.3 Å². The second kappa shape index (κ2) is 6.14. The summed E-state index contributed by atoms with van der Waals surface area (Å²) in [5, 5.41) is 0. The summed E-state index contributed by atoms with van der Waals surface area (Å²) in [4.78, 5) is 3.75. The van der Waals surface area contributed by atoms with Gasteiger partial charge in [-0.2, -0.15) is 4.79 Å². The van der Waals surface area contributed by atoms with Gasteiger partial charge in [0.1, 0.15) is 0 Å². The maximum Gasteiger partial charge on any atom is 0.330 e. The van der Waals surface area contributed by atoms with Crippen LogP contribution in [0.3, 0.4) is 0 Å². The zero-order chi connectivity index (χ0) is 17.5. The van der Waals surface area contributed by atoms with Crippen LogP contribution in [0.15, 0.2) is 12.1 Å². The van der Waals surface area contributed by atoms with Crippen molar-refractivity contribution in [3.8, 4) is 0 Å². The lowest BCUT2D eigenvalue weighted by molar-refractivity contribution is -0.00297. The number of benzene rings is 2. The molecule has 0 atom stereocenters. The van der Waals surface area contributed by atoms with Crippen LogP contribution in [0.1, 0.15) is 55.6 Å². The van der Waals surface area contributed by atoms with E-state index in [0.29, 0.717) is 5.71 Å². The van der Waals surface area contributed by atoms with Crippen molar-refractivity contribution < 1.29 is 4.79 Å². The minimum atomic E-state index is 0.689. The summed E-state index contributed by atoms with van der Waals surface area (Å²) in [6, 6.07) is 4.40. The number of aryl methyl sites for hydroxylation is 4. The van der Waals surface area contributed by atoms with Crippen molar-refractivity contribution in [1.29, 1.82) is 0 Å². The second-order valence-electron chi connectivity index (χ2n) is 6.72. The molecule has 0 radical (unpaired) electrons. The van der Waals surface area contributed by atoms with E-state index < -0.39 is 0 Å². The minimum absolute atomic E-state index is 0.689. The van der Waals surface area contributed by atoms with Gasteiger partial charge in [-0.3, -0.25) is 0 Å². The van der Waals surface area contributed by atoms with Crippen molar-refractivity contribution >= 4 is 5.71 Å². The lowest BCUT2D eigenvalue weighted by Crippen LogP contribution is -2.15. The van der Waals surface area contributed by atoms with E-state index in [4.69, 9.17) is 0 Å². The molecule has 0 fully saturated rings. The molecule has 0 bridgehead atoms. The van der Waals surface area contributed by atoms with E-state index in [9.17, 15) is 5.53 Å². The summed E-state index contributed by atoms with van der Waals surface area (Å²) in [7, 11) is 0. The van der Waals surface area contributed by atoms with Crippen LogP contribution < -0.4 is 0 Å². The molecule has 0 aliphatic heterocycles. The summed E-state index contributed by atoms with van der Waals surface area (Å²) in [5.41, 5.74) is 22.3.